The Morgan fingerprint density at radius 1 is 1.03 bits per heavy atom. The Hall–Kier alpha value is -1.48. The Morgan fingerprint density at radius 2 is 1.72 bits per heavy atom. The first kappa shape index (κ1) is 25.1. The van der Waals surface area contributed by atoms with E-state index in [1.807, 2.05) is 31.7 Å². The lowest BCUT2D eigenvalue weighted by molar-refractivity contribution is -0.131. The van der Waals surface area contributed by atoms with Gasteiger partial charge in [0.05, 0.1) is 4.90 Å². The predicted molar refractivity (Wildman–Crippen MR) is 128 cm³/mol. The van der Waals surface area contributed by atoms with Gasteiger partial charge in [-0.3, -0.25) is 9.69 Å². The molecule has 1 unspecified atom stereocenters. The minimum Gasteiger partial charge on any atom is -0.340 e. The van der Waals surface area contributed by atoms with Crippen molar-refractivity contribution >= 4 is 15.9 Å². The van der Waals surface area contributed by atoms with Gasteiger partial charge < -0.3 is 10.2 Å². The average Bonchev–Trinajstić information content (AvgIpc) is 2.77. The number of carbonyl (C=O) groups excluding carboxylic acids is 1. The molecule has 0 saturated carbocycles. The second-order valence-electron chi connectivity index (χ2n) is 9.37. The highest BCUT2D eigenvalue weighted by Gasteiger charge is 2.29. The Bertz CT molecular complexity index is 897. The van der Waals surface area contributed by atoms with Crippen molar-refractivity contribution in [1.82, 2.24) is 19.4 Å². The molecule has 180 valence electrons. The highest BCUT2D eigenvalue weighted by Crippen LogP contribution is 2.24. The summed E-state index contributed by atoms with van der Waals surface area (Å²) in [4.78, 5) is 17.3. The van der Waals surface area contributed by atoms with Gasteiger partial charge in [0.25, 0.3) is 0 Å². The highest BCUT2D eigenvalue weighted by molar-refractivity contribution is 7.89. The van der Waals surface area contributed by atoms with Crippen molar-refractivity contribution in [3.05, 3.63) is 28.8 Å². The zero-order valence-corrected chi connectivity index (χ0v) is 21.0. The molecule has 0 bridgehead atoms. The molecule has 0 aliphatic carbocycles. The van der Waals surface area contributed by atoms with Crippen LogP contribution in [0, 0.1) is 20.8 Å². The molecule has 2 aliphatic rings. The maximum Gasteiger partial charge on any atom is 0.243 e. The van der Waals surface area contributed by atoms with E-state index in [-0.39, 0.29) is 18.9 Å². The van der Waals surface area contributed by atoms with Gasteiger partial charge in [-0.2, -0.15) is 4.31 Å². The molecule has 0 radical (unpaired) electrons. The lowest BCUT2D eigenvalue weighted by Crippen LogP contribution is -2.48. The van der Waals surface area contributed by atoms with Crippen LogP contribution in [0.3, 0.4) is 0 Å². The number of likely N-dealkylation sites (tertiary alicyclic amines) is 1. The number of hydrogen-bond acceptors (Lipinski definition) is 5. The van der Waals surface area contributed by atoms with Crippen molar-refractivity contribution < 1.29 is 13.2 Å². The van der Waals surface area contributed by atoms with Gasteiger partial charge in [-0.1, -0.05) is 12.5 Å². The average molecular weight is 465 g/mol. The normalized spacial score (nSPS) is 20.7. The van der Waals surface area contributed by atoms with Gasteiger partial charge in [0, 0.05) is 58.3 Å². The summed E-state index contributed by atoms with van der Waals surface area (Å²) >= 11 is 0. The van der Waals surface area contributed by atoms with Gasteiger partial charge in [0.1, 0.15) is 0 Å². The molecule has 32 heavy (non-hydrogen) atoms. The van der Waals surface area contributed by atoms with E-state index in [1.54, 1.807) is 10.4 Å². The molecule has 0 aromatic heterocycles. The second-order valence-corrected chi connectivity index (χ2v) is 11.3. The Morgan fingerprint density at radius 3 is 2.41 bits per heavy atom. The molecule has 3 rings (SSSR count). The van der Waals surface area contributed by atoms with E-state index >= 15 is 0 Å². The first-order valence-corrected chi connectivity index (χ1v) is 13.4. The Labute approximate surface area is 194 Å². The van der Waals surface area contributed by atoms with Gasteiger partial charge in [-0.15, -0.1) is 0 Å². The molecule has 0 spiro atoms. The fraction of sp³-hybridized carbons (Fsp3) is 0.708. The van der Waals surface area contributed by atoms with Crippen LogP contribution < -0.4 is 5.32 Å². The maximum absolute atomic E-state index is 13.7. The fourth-order valence-electron chi connectivity index (χ4n) is 4.73. The monoisotopic (exact) mass is 464 g/mol. The zero-order chi connectivity index (χ0) is 23.3. The third kappa shape index (κ3) is 6.10. The number of nitrogens with one attached hydrogen (secondary N) is 1. The van der Waals surface area contributed by atoms with Gasteiger partial charge in [0.15, 0.2) is 0 Å². The number of sulfonamides is 1. The molecule has 2 aliphatic heterocycles. The maximum atomic E-state index is 13.7. The summed E-state index contributed by atoms with van der Waals surface area (Å²) in [6.45, 7) is 13.3. The van der Waals surface area contributed by atoms with E-state index in [0.29, 0.717) is 37.1 Å². The summed E-state index contributed by atoms with van der Waals surface area (Å²) in [5.74, 6) is 0.0369. The molecule has 7 nitrogen and oxygen atoms in total. The largest absolute Gasteiger partial charge is 0.340 e. The summed E-state index contributed by atoms with van der Waals surface area (Å²) in [5.41, 5.74) is 2.82. The SMILES string of the molecule is Cc1cc(C)c(S(=O)(=O)N(CCC(=O)N2CCNCC2)CCN2CCCCC2C)cc1C. The smallest absolute Gasteiger partial charge is 0.243 e. The molecule has 1 N–H and O–H groups in total. The molecule has 1 atom stereocenters. The number of aryl methyl sites for hydroxylation is 3. The van der Waals surface area contributed by atoms with Gasteiger partial charge >= 0.3 is 0 Å². The summed E-state index contributed by atoms with van der Waals surface area (Å²) in [6.07, 6.45) is 3.78. The summed E-state index contributed by atoms with van der Waals surface area (Å²) in [5, 5.41) is 3.25. The van der Waals surface area contributed by atoms with Crippen molar-refractivity contribution in [3.63, 3.8) is 0 Å². The quantitative estimate of drug-likeness (QED) is 0.639. The number of benzene rings is 1. The molecule has 2 heterocycles. The summed E-state index contributed by atoms with van der Waals surface area (Å²) in [7, 11) is -3.69. The topological polar surface area (TPSA) is 73.0 Å². The molecule has 2 fully saturated rings. The van der Waals surface area contributed by atoms with Crippen molar-refractivity contribution in [3.8, 4) is 0 Å². The van der Waals surface area contributed by atoms with Crippen LogP contribution in [0.1, 0.15) is 49.3 Å². The third-order valence-corrected chi connectivity index (χ3v) is 9.07. The molecular weight excluding hydrogens is 424 g/mol. The molecule has 1 amide bonds. The number of piperazine rings is 1. The summed E-state index contributed by atoms with van der Waals surface area (Å²) < 4.78 is 29.0. The first-order valence-electron chi connectivity index (χ1n) is 12.0. The van der Waals surface area contributed by atoms with Crippen LogP contribution in [0.4, 0.5) is 0 Å². The minimum absolute atomic E-state index is 0.0369. The van der Waals surface area contributed by atoms with E-state index in [9.17, 15) is 13.2 Å². The molecule has 8 heteroatoms. The second kappa shape index (κ2) is 11.1. The van der Waals surface area contributed by atoms with E-state index in [1.165, 1.54) is 6.42 Å². The Kier molecular flexibility index (Phi) is 8.72. The summed E-state index contributed by atoms with van der Waals surface area (Å²) in [6, 6.07) is 4.20. The van der Waals surface area contributed by atoms with E-state index in [4.69, 9.17) is 0 Å². The van der Waals surface area contributed by atoms with E-state index in [2.05, 4.69) is 17.1 Å². The van der Waals surface area contributed by atoms with Crippen molar-refractivity contribution in [2.75, 3.05) is 52.4 Å². The van der Waals surface area contributed by atoms with E-state index in [0.717, 1.165) is 49.2 Å². The van der Waals surface area contributed by atoms with Gasteiger partial charge in [-0.05, 0) is 69.8 Å². The number of hydrogen-bond donors (Lipinski definition) is 1. The van der Waals surface area contributed by atoms with Crippen LogP contribution in [-0.2, 0) is 14.8 Å². The third-order valence-electron chi connectivity index (χ3n) is 7.03. The predicted octanol–water partition coefficient (Wildman–Crippen LogP) is 2.30. The number of nitrogens with zero attached hydrogens (tertiary/aromatic N) is 3. The number of piperidine rings is 1. The van der Waals surface area contributed by atoms with Crippen LogP contribution in [0.25, 0.3) is 0 Å². The van der Waals surface area contributed by atoms with Crippen molar-refractivity contribution in [2.45, 2.75) is 64.3 Å². The molecule has 2 saturated heterocycles. The Balaban J connectivity index is 1.78. The first-order chi connectivity index (χ1) is 15.2. The molecule has 1 aromatic carbocycles. The van der Waals surface area contributed by atoms with Crippen molar-refractivity contribution in [1.29, 1.82) is 0 Å². The van der Waals surface area contributed by atoms with Crippen LogP contribution in [-0.4, -0.2) is 86.8 Å². The number of amides is 1. The standard InChI is InChI=1S/C24H40N4O3S/c1-19-17-21(3)23(18-20(19)2)32(30,31)28(16-15-26-11-6-5-7-22(26)4)12-8-24(29)27-13-9-25-10-14-27/h17-18,22,25H,5-16H2,1-4H3. The fourth-order valence-corrected chi connectivity index (χ4v) is 6.45. The number of rotatable bonds is 8. The number of carbonyl (C=O) groups is 1. The minimum atomic E-state index is -3.69. The zero-order valence-electron chi connectivity index (χ0n) is 20.2. The van der Waals surface area contributed by atoms with Crippen LogP contribution >= 0.6 is 0 Å². The van der Waals surface area contributed by atoms with Crippen LogP contribution in [0.15, 0.2) is 17.0 Å². The lowest BCUT2D eigenvalue weighted by atomic mass is 10.0. The van der Waals surface area contributed by atoms with Gasteiger partial charge in [-0.25, -0.2) is 8.42 Å². The molecular formula is C24H40N4O3S. The van der Waals surface area contributed by atoms with Crippen molar-refractivity contribution in [2.24, 2.45) is 0 Å². The van der Waals surface area contributed by atoms with Crippen LogP contribution in [0.2, 0.25) is 0 Å². The molecule has 1 aromatic rings. The van der Waals surface area contributed by atoms with Crippen LogP contribution in [0.5, 0.6) is 0 Å². The van der Waals surface area contributed by atoms with E-state index < -0.39 is 10.0 Å². The lowest BCUT2D eigenvalue weighted by Gasteiger charge is -2.35. The van der Waals surface area contributed by atoms with Gasteiger partial charge in [0.2, 0.25) is 15.9 Å². The highest BCUT2D eigenvalue weighted by atomic mass is 32.2.